The van der Waals surface area contributed by atoms with Gasteiger partial charge in [0, 0.05) is 19.2 Å². The lowest BCUT2D eigenvalue weighted by Crippen LogP contribution is -2.33. The Morgan fingerprint density at radius 2 is 1.83 bits per heavy atom. The van der Waals surface area contributed by atoms with E-state index < -0.39 is 29.4 Å². The number of para-hydroxylation sites is 2. The number of carbonyl (C=O) groups excluding carboxylic acids is 3. The molecule has 154 valence electrons. The van der Waals surface area contributed by atoms with Crippen LogP contribution in [0.3, 0.4) is 0 Å². The second-order valence-electron chi connectivity index (χ2n) is 6.57. The van der Waals surface area contributed by atoms with Crippen LogP contribution in [0.4, 0.5) is 11.4 Å². The molecule has 0 aliphatic carbocycles. The van der Waals surface area contributed by atoms with Crippen LogP contribution in [0.25, 0.3) is 6.08 Å². The van der Waals surface area contributed by atoms with E-state index in [9.17, 15) is 24.5 Å². The van der Waals surface area contributed by atoms with Gasteiger partial charge in [-0.15, -0.1) is 0 Å². The van der Waals surface area contributed by atoms with Gasteiger partial charge >= 0.3 is 5.97 Å². The molecule has 1 atom stereocenters. The molecule has 0 aromatic heterocycles. The first-order valence-electron chi connectivity index (χ1n) is 9.11. The number of nitro benzene ring substituents is 1. The van der Waals surface area contributed by atoms with Crippen molar-refractivity contribution in [2.24, 2.45) is 0 Å². The molecule has 0 saturated heterocycles. The minimum Gasteiger partial charge on any atom is -0.455 e. The predicted molar refractivity (Wildman–Crippen MR) is 108 cm³/mol. The number of nitrogens with zero attached hydrogens (tertiary/aromatic N) is 2. The molecule has 1 aliphatic heterocycles. The monoisotopic (exact) mass is 409 g/mol. The minimum atomic E-state index is -0.704. The summed E-state index contributed by atoms with van der Waals surface area (Å²) in [6.07, 6.45) is 3.27. The highest BCUT2D eigenvalue weighted by Gasteiger charge is 2.29. The van der Waals surface area contributed by atoms with Gasteiger partial charge < -0.3 is 15.0 Å². The zero-order valence-corrected chi connectivity index (χ0v) is 16.1. The number of benzene rings is 2. The number of esters is 1. The molecule has 1 aliphatic rings. The largest absolute Gasteiger partial charge is 0.455 e. The summed E-state index contributed by atoms with van der Waals surface area (Å²) >= 11 is 0. The molecule has 0 unspecified atom stereocenters. The molecule has 2 aromatic carbocycles. The maximum absolute atomic E-state index is 12.3. The molecule has 1 heterocycles. The van der Waals surface area contributed by atoms with E-state index in [0.29, 0.717) is 0 Å². The second kappa shape index (κ2) is 8.99. The molecule has 0 radical (unpaired) electrons. The molecule has 0 bridgehead atoms. The van der Waals surface area contributed by atoms with E-state index in [1.807, 2.05) is 24.3 Å². The van der Waals surface area contributed by atoms with Gasteiger partial charge in [0.05, 0.1) is 17.4 Å². The topological polar surface area (TPSA) is 119 Å². The summed E-state index contributed by atoms with van der Waals surface area (Å²) in [6, 6.07) is 12.5. The third-order valence-corrected chi connectivity index (χ3v) is 4.57. The summed E-state index contributed by atoms with van der Waals surface area (Å²) in [6.45, 7) is 0.798. The van der Waals surface area contributed by atoms with Gasteiger partial charge in [-0.1, -0.05) is 36.4 Å². The van der Waals surface area contributed by atoms with Crippen LogP contribution < -0.4 is 5.32 Å². The molecular weight excluding hydrogens is 390 g/mol. The van der Waals surface area contributed by atoms with E-state index >= 15 is 0 Å². The summed E-state index contributed by atoms with van der Waals surface area (Å²) in [5.74, 6) is -1.60. The average Bonchev–Trinajstić information content (AvgIpc) is 2.72. The van der Waals surface area contributed by atoms with E-state index in [2.05, 4.69) is 5.32 Å². The van der Waals surface area contributed by atoms with Crippen molar-refractivity contribution in [1.29, 1.82) is 0 Å². The highest BCUT2D eigenvalue weighted by Crippen LogP contribution is 2.33. The quantitative estimate of drug-likeness (QED) is 0.445. The Hall–Kier alpha value is -4.01. The van der Waals surface area contributed by atoms with Crippen LogP contribution in [0.2, 0.25) is 0 Å². The summed E-state index contributed by atoms with van der Waals surface area (Å²) in [4.78, 5) is 48.2. The van der Waals surface area contributed by atoms with Crippen LogP contribution in [0.15, 0.2) is 54.7 Å². The number of ether oxygens (including phenoxy) is 1. The summed E-state index contributed by atoms with van der Waals surface area (Å²) in [5.41, 5.74) is 1.44. The van der Waals surface area contributed by atoms with Crippen molar-refractivity contribution in [2.45, 2.75) is 19.4 Å². The van der Waals surface area contributed by atoms with Crippen molar-refractivity contribution in [1.82, 2.24) is 4.90 Å². The van der Waals surface area contributed by atoms with E-state index in [1.165, 1.54) is 30.0 Å². The van der Waals surface area contributed by atoms with Gasteiger partial charge in [0.25, 0.3) is 11.6 Å². The van der Waals surface area contributed by atoms with E-state index in [4.69, 9.17) is 4.74 Å². The molecule has 3 rings (SSSR count). The summed E-state index contributed by atoms with van der Waals surface area (Å²) < 4.78 is 5.04. The number of hydrogen-bond donors (Lipinski definition) is 1. The zero-order chi connectivity index (χ0) is 21.7. The highest BCUT2D eigenvalue weighted by atomic mass is 16.6. The van der Waals surface area contributed by atoms with Gasteiger partial charge in [-0.3, -0.25) is 24.5 Å². The zero-order valence-electron chi connectivity index (χ0n) is 16.1. The first kappa shape index (κ1) is 20.7. The van der Waals surface area contributed by atoms with Crippen molar-refractivity contribution < 1.29 is 24.0 Å². The van der Waals surface area contributed by atoms with Crippen LogP contribution in [0.1, 0.15) is 30.5 Å². The number of carbonyl (C=O) groups is 3. The Balaban J connectivity index is 1.63. The number of nitrogens with one attached hydrogen (secondary N) is 1. The molecule has 2 amide bonds. The normalized spacial score (nSPS) is 14.6. The Kier molecular flexibility index (Phi) is 6.21. The first-order valence-corrected chi connectivity index (χ1v) is 9.11. The highest BCUT2D eigenvalue weighted by molar-refractivity contribution is 5.94. The van der Waals surface area contributed by atoms with Crippen molar-refractivity contribution >= 4 is 35.2 Å². The average molecular weight is 409 g/mol. The lowest BCUT2D eigenvalue weighted by molar-refractivity contribution is -0.383. The van der Waals surface area contributed by atoms with E-state index in [0.717, 1.165) is 11.1 Å². The lowest BCUT2D eigenvalue weighted by atomic mass is 9.94. The molecule has 0 saturated carbocycles. The van der Waals surface area contributed by atoms with Gasteiger partial charge in [0.2, 0.25) is 5.91 Å². The summed E-state index contributed by atoms with van der Waals surface area (Å²) in [5, 5.41) is 13.4. The molecule has 9 heteroatoms. The van der Waals surface area contributed by atoms with Gasteiger partial charge in [-0.2, -0.15) is 0 Å². The van der Waals surface area contributed by atoms with E-state index in [1.54, 1.807) is 18.3 Å². The number of nitro groups is 1. The lowest BCUT2D eigenvalue weighted by Gasteiger charge is -2.32. The fourth-order valence-corrected chi connectivity index (χ4v) is 3.20. The van der Waals surface area contributed by atoms with Gasteiger partial charge in [-0.05, 0) is 23.3 Å². The number of amides is 2. The molecule has 0 fully saturated rings. The minimum absolute atomic E-state index is 0.0117. The van der Waals surface area contributed by atoms with Crippen LogP contribution in [-0.4, -0.2) is 34.2 Å². The van der Waals surface area contributed by atoms with E-state index in [-0.39, 0.29) is 23.7 Å². The Morgan fingerprint density at radius 1 is 1.13 bits per heavy atom. The maximum Gasteiger partial charge on any atom is 0.308 e. The van der Waals surface area contributed by atoms with Gasteiger partial charge in [0.1, 0.15) is 5.69 Å². The third-order valence-electron chi connectivity index (χ3n) is 4.57. The molecule has 2 aromatic rings. The van der Waals surface area contributed by atoms with Crippen molar-refractivity contribution in [3.05, 3.63) is 76.0 Å². The maximum atomic E-state index is 12.3. The Labute approximate surface area is 172 Å². The summed E-state index contributed by atoms with van der Waals surface area (Å²) in [7, 11) is 0. The predicted octanol–water partition coefficient (Wildman–Crippen LogP) is 3.04. The van der Waals surface area contributed by atoms with Crippen LogP contribution in [0, 0.1) is 10.1 Å². The Bertz CT molecular complexity index is 1030. The molecule has 0 spiro atoms. The third kappa shape index (κ3) is 4.69. The first-order chi connectivity index (χ1) is 14.4. The molecule has 9 nitrogen and oxygen atoms in total. The van der Waals surface area contributed by atoms with Crippen LogP contribution >= 0.6 is 0 Å². The smallest absolute Gasteiger partial charge is 0.308 e. The second-order valence-corrected chi connectivity index (χ2v) is 6.57. The van der Waals surface area contributed by atoms with Crippen molar-refractivity contribution in [3.63, 3.8) is 0 Å². The van der Waals surface area contributed by atoms with Crippen molar-refractivity contribution in [2.75, 3.05) is 11.9 Å². The van der Waals surface area contributed by atoms with Crippen molar-refractivity contribution in [3.8, 4) is 0 Å². The van der Waals surface area contributed by atoms with Crippen LogP contribution in [0.5, 0.6) is 0 Å². The molecule has 30 heavy (non-hydrogen) atoms. The number of anilines is 1. The fourth-order valence-electron chi connectivity index (χ4n) is 3.20. The molecular formula is C21H19N3O6. The standard InChI is InChI=1S/C21H19N3O6/c1-14(25)23-11-10-15-6-2-3-7-16(15)19(23)12-21(27)30-13-20(26)22-17-8-4-5-9-18(17)24(28)29/h2-11,19H,12-13H2,1H3,(H,22,26)/t19-/m1/s1. The van der Waals surface area contributed by atoms with Crippen LogP contribution in [-0.2, 0) is 19.1 Å². The fraction of sp³-hybridized carbons (Fsp3) is 0.190. The van der Waals surface area contributed by atoms with Gasteiger partial charge in [0.15, 0.2) is 6.61 Å². The Morgan fingerprint density at radius 3 is 2.57 bits per heavy atom. The molecule has 1 N–H and O–H groups in total. The number of rotatable bonds is 6. The van der Waals surface area contributed by atoms with Gasteiger partial charge in [-0.25, -0.2) is 0 Å². The number of fused-ring (bicyclic) bond motifs is 1. The SMILES string of the molecule is CC(=O)N1C=Cc2ccccc2[C@H]1CC(=O)OCC(=O)Nc1ccccc1[N+](=O)[O-]. The number of hydrogen-bond acceptors (Lipinski definition) is 6.